The molecule has 28 heavy (non-hydrogen) atoms. The third-order valence-corrected chi connectivity index (χ3v) is 4.17. The summed E-state index contributed by atoms with van der Waals surface area (Å²) in [4.78, 5) is 24.7. The Bertz CT molecular complexity index is 1120. The molecular weight excluding hydrogens is 360 g/mol. The predicted octanol–water partition coefficient (Wildman–Crippen LogP) is 3.31. The first-order valence-corrected chi connectivity index (χ1v) is 8.37. The highest BCUT2D eigenvalue weighted by Gasteiger charge is 2.23. The minimum absolute atomic E-state index is 0.194. The average molecular weight is 376 g/mol. The van der Waals surface area contributed by atoms with Gasteiger partial charge < -0.3 is 20.3 Å². The minimum Gasteiger partial charge on any atom is -0.507 e. The van der Waals surface area contributed by atoms with Crippen LogP contribution in [0.1, 0.15) is 22.8 Å². The zero-order valence-corrected chi connectivity index (χ0v) is 14.8. The predicted molar refractivity (Wildman–Crippen MR) is 102 cm³/mol. The molecule has 0 fully saturated rings. The van der Waals surface area contributed by atoms with Crippen molar-refractivity contribution >= 4 is 28.3 Å². The van der Waals surface area contributed by atoms with Crippen molar-refractivity contribution in [3.8, 4) is 17.6 Å². The van der Waals surface area contributed by atoms with Gasteiger partial charge in [0.2, 0.25) is 0 Å². The van der Waals surface area contributed by atoms with Gasteiger partial charge in [0, 0.05) is 10.8 Å². The molecule has 0 unspecified atom stereocenters. The van der Waals surface area contributed by atoms with Gasteiger partial charge in [0.25, 0.3) is 5.91 Å². The van der Waals surface area contributed by atoms with Gasteiger partial charge in [-0.3, -0.25) is 4.79 Å². The summed E-state index contributed by atoms with van der Waals surface area (Å²) < 4.78 is 5.12. The first kappa shape index (κ1) is 18.7. The molecule has 3 rings (SSSR count). The number of amides is 1. The van der Waals surface area contributed by atoms with Gasteiger partial charge in [0.05, 0.1) is 11.3 Å². The molecule has 7 nitrogen and oxygen atoms in total. The smallest absolute Gasteiger partial charge is 0.342 e. The van der Waals surface area contributed by atoms with Crippen molar-refractivity contribution in [1.29, 1.82) is 5.26 Å². The number of hydrogen-bond donors (Lipinski definition) is 3. The zero-order chi connectivity index (χ0) is 20.3. The Morgan fingerprint density at radius 2 is 1.71 bits per heavy atom. The molecular formula is C21H16N2O5. The van der Waals surface area contributed by atoms with E-state index in [2.05, 4.69) is 5.32 Å². The van der Waals surface area contributed by atoms with Crippen LogP contribution in [-0.2, 0) is 9.53 Å². The van der Waals surface area contributed by atoms with Gasteiger partial charge in [-0.05, 0) is 25.1 Å². The van der Waals surface area contributed by atoms with Crippen LogP contribution >= 0.6 is 0 Å². The summed E-state index contributed by atoms with van der Waals surface area (Å²) in [5, 5.41) is 32.7. The Balaban J connectivity index is 1.79. The third kappa shape index (κ3) is 3.57. The van der Waals surface area contributed by atoms with Crippen molar-refractivity contribution in [2.24, 2.45) is 0 Å². The van der Waals surface area contributed by atoms with Crippen LogP contribution in [0.15, 0.2) is 54.6 Å². The van der Waals surface area contributed by atoms with Crippen LogP contribution < -0.4 is 5.32 Å². The second-order valence-electron chi connectivity index (χ2n) is 6.03. The van der Waals surface area contributed by atoms with Gasteiger partial charge in [-0.1, -0.05) is 36.4 Å². The van der Waals surface area contributed by atoms with E-state index in [1.165, 1.54) is 6.92 Å². The Hall–Kier alpha value is -4.05. The molecule has 0 bridgehead atoms. The molecule has 3 aromatic rings. The van der Waals surface area contributed by atoms with E-state index in [0.717, 1.165) is 6.07 Å². The number of carbonyl (C=O) groups is 2. The maximum absolute atomic E-state index is 12.4. The third-order valence-electron chi connectivity index (χ3n) is 4.17. The molecule has 1 amide bonds. The van der Waals surface area contributed by atoms with Crippen molar-refractivity contribution in [3.63, 3.8) is 0 Å². The fraction of sp³-hybridized carbons (Fsp3) is 0.0952. The van der Waals surface area contributed by atoms with Crippen LogP contribution in [0.4, 0.5) is 5.69 Å². The number of esters is 1. The molecule has 0 heterocycles. The van der Waals surface area contributed by atoms with Crippen LogP contribution in [0.3, 0.4) is 0 Å². The lowest BCUT2D eigenvalue weighted by atomic mass is 10.0. The minimum atomic E-state index is -1.20. The quantitative estimate of drug-likeness (QED) is 0.475. The van der Waals surface area contributed by atoms with E-state index >= 15 is 0 Å². The fourth-order valence-electron chi connectivity index (χ4n) is 2.70. The Morgan fingerprint density at radius 3 is 2.43 bits per heavy atom. The Labute approximate surface area is 160 Å². The first-order valence-electron chi connectivity index (χ1n) is 8.37. The zero-order valence-electron chi connectivity index (χ0n) is 14.8. The van der Waals surface area contributed by atoms with E-state index in [-0.39, 0.29) is 28.0 Å². The van der Waals surface area contributed by atoms with Gasteiger partial charge in [0.1, 0.15) is 23.1 Å². The molecule has 7 heteroatoms. The Morgan fingerprint density at radius 1 is 1.07 bits per heavy atom. The second kappa shape index (κ2) is 7.68. The molecule has 0 radical (unpaired) electrons. The van der Waals surface area contributed by atoms with Crippen molar-refractivity contribution in [3.05, 3.63) is 65.7 Å². The molecule has 140 valence electrons. The standard InChI is InChI=1S/C21H16N2O5/c1-12(20(26)23-17-9-5-2-6-13(17)11-22)28-21(27)16-10-18(24)14-7-3-4-8-15(14)19(16)25/h2-10,12,24-25H,1H3,(H,23,26)/t12-/m0/s1. The normalized spacial score (nSPS) is 11.4. The van der Waals surface area contributed by atoms with Crippen LogP contribution in [0.2, 0.25) is 0 Å². The van der Waals surface area contributed by atoms with Crippen molar-refractivity contribution < 1.29 is 24.5 Å². The van der Waals surface area contributed by atoms with E-state index in [4.69, 9.17) is 10.00 Å². The van der Waals surface area contributed by atoms with Gasteiger partial charge in [-0.2, -0.15) is 5.26 Å². The number of ether oxygens (including phenoxy) is 1. The number of carbonyl (C=O) groups excluding carboxylic acids is 2. The average Bonchev–Trinajstić information content (AvgIpc) is 2.71. The summed E-state index contributed by atoms with van der Waals surface area (Å²) in [6.07, 6.45) is -1.20. The summed E-state index contributed by atoms with van der Waals surface area (Å²) in [7, 11) is 0. The number of aromatic hydroxyl groups is 2. The van der Waals surface area contributed by atoms with Crippen molar-refractivity contribution in [2.45, 2.75) is 13.0 Å². The number of nitrogens with zero attached hydrogens (tertiary/aromatic N) is 1. The number of anilines is 1. The monoisotopic (exact) mass is 376 g/mol. The van der Waals surface area contributed by atoms with Crippen LogP contribution in [0.25, 0.3) is 10.8 Å². The van der Waals surface area contributed by atoms with E-state index in [1.54, 1.807) is 48.5 Å². The summed E-state index contributed by atoms with van der Waals surface area (Å²) in [6, 6.07) is 15.9. The van der Waals surface area contributed by atoms with Crippen LogP contribution in [0.5, 0.6) is 11.5 Å². The lowest BCUT2D eigenvalue weighted by Gasteiger charge is -2.15. The van der Waals surface area contributed by atoms with Gasteiger partial charge >= 0.3 is 5.97 Å². The maximum Gasteiger partial charge on any atom is 0.342 e. The van der Waals surface area contributed by atoms with E-state index in [1.807, 2.05) is 6.07 Å². The lowest BCUT2D eigenvalue weighted by molar-refractivity contribution is -0.123. The number of benzene rings is 3. The summed E-state index contributed by atoms with van der Waals surface area (Å²) >= 11 is 0. The maximum atomic E-state index is 12.4. The SMILES string of the molecule is C[C@H](OC(=O)c1cc(O)c2ccccc2c1O)C(=O)Nc1ccccc1C#N. The van der Waals surface area contributed by atoms with E-state index < -0.39 is 18.0 Å². The lowest BCUT2D eigenvalue weighted by Crippen LogP contribution is -2.30. The number of nitriles is 1. The van der Waals surface area contributed by atoms with Crippen LogP contribution in [-0.4, -0.2) is 28.2 Å². The molecule has 0 saturated heterocycles. The topological polar surface area (TPSA) is 120 Å². The highest BCUT2D eigenvalue weighted by molar-refractivity contribution is 6.05. The van der Waals surface area contributed by atoms with Crippen LogP contribution in [0, 0.1) is 11.3 Å². The number of phenols is 2. The molecule has 0 aliphatic rings. The number of hydrogen-bond acceptors (Lipinski definition) is 6. The van der Waals surface area contributed by atoms with E-state index in [9.17, 15) is 19.8 Å². The number of fused-ring (bicyclic) bond motifs is 1. The molecule has 1 atom stereocenters. The highest BCUT2D eigenvalue weighted by Crippen LogP contribution is 2.35. The molecule has 0 aliphatic carbocycles. The van der Waals surface area contributed by atoms with Crippen molar-refractivity contribution in [2.75, 3.05) is 5.32 Å². The number of nitrogens with one attached hydrogen (secondary N) is 1. The van der Waals surface area contributed by atoms with Gasteiger partial charge in [-0.15, -0.1) is 0 Å². The first-order chi connectivity index (χ1) is 13.4. The molecule has 0 saturated carbocycles. The number of rotatable bonds is 4. The fourth-order valence-corrected chi connectivity index (χ4v) is 2.70. The molecule has 3 N–H and O–H groups in total. The summed E-state index contributed by atoms with van der Waals surface area (Å²) in [6.45, 7) is 1.36. The number of para-hydroxylation sites is 1. The largest absolute Gasteiger partial charge is 0.507 e. The van der Waals surface area contributed by atoms with Gasteiger partial charge in [0.15, 0.2) is 6.10 Å². The van der Waals surface area contributed by atoms with E-state index in [0.29, 0.717) is 11.1 Å². The molecule has 0 aliphatic heterocycles. The molecule has 0 aromatic heterocycles. The molecule has 0 spiro atoms. The number of phenolic OH excluding ortho intramolecular Hbond substituents is 2. The second-order valence-corrected chi connectivity index (χ2v) is 6.03. The summed E-state index contributed by atoms with van der Waals surface area (Å²) in [5.74, 6) is -2.14. The van der Waals surface area contributed by atoms with Gasteiger partial charge in [-0.25, -0.2) is 4.79 Å². The Kier molecular flexibility index (Phi) is 5.14. The highest BCUT2D eigenvalue weighted by atomic mass is 16.5. The molecule has 3 aromatic carbocycles. The van der Waals surface area contributed by atoms with Crippen molar-refractivity contribution in [1.82, 2.24) is 0 Å². The summed E-state index contributed by atoms with van der Waals surface area (Å²) in [5.41, 5.74) is 0.309.